The molecular weight excluding hydrogens is 320 g/mol. The molecule has 98 valence electrons. The van der Waals surface area contributed by atoms with E-state index in [-0.39, 0.29) is 18.1 Å². The molecule has 4 nitrogen and oxygen atoms in total. The van der Waals surface area contributed by atoms with Crippen LogP contribution in [-0.2, 0) is 4.74 Å². The van der Waals surface area contributed by atoms with E-state index in [4.69, 9.17) is 16.3 Å². The molecule has 18 heavy (non-hydrogen) atoms. The summed E-state index contributed by atoms with van der Waals surface area (Å²) in [5, 5.41) is 6.64. The minimum atomic E-state index is -0.139. The highest BCUT2D eigenvalue weighted by Crippen LogP contribution is 2.23. The number of carbonyl (C=O) groups excluding carboxylic acids is 1. The Bertz CT molecular complexity index is 456. The summed E-state index contributed by atoms with van der Waals surface area (Å²) in [6.07, 6.45) is 0.0138. The Labute approximate surface area is 119 Å². The van der Waals surface area contributed by atoms with Crippen LogP contribution in [0.1, 0.15) is 10.4 Å². The van der Waals surface area contributed by atoms with Gasteiger partial charge in [0, 0.05) is 30.2 Å². The number of halogens is 2. The van der Waals surface area contributed by atoms with Crippen molar-refractivity contribution in [1.29, 1.82) is 0 Å². The summed E-state index contributed by atoms with van der Waals surface area (Å²) in [6.45, 7) is 1.47. The second kappa shape index (κ2) is 6.02. The van der Waals surface area contributed by atoms with E-state index in [0.717, 1.165) is 11.0 Å². The van der Waals surface area contributed by atoms with Gasteiger partial charge >= 0.3 is 0 Å². The molecule has 1 saturated heterocycles. The number of amides is 1. The second-order valence-electron chi connectivity index (χ2n) is 4.14. The summed E-state index contributed by atoms with van der Waals surface area (Å²) in [7, 11) is 1.65. The molecule has 0 spiro atoms. The highest BCUT2D eigenvalue weighted by molar-refractivity contribution is 9.10. The Hall–Kier alpha value is -0.620. The van der Waals surface area contributed by atoms with Gasteiger partial charge in [0.15, 0.2) is 0 Å². The molecule has 0 aliphatic carbocycles. The molecule has 0 radical (unpaired) electrons. The van der Waals surface area contributed by atoms with Gasteiger partial charge in [0.1, 0.15) is 0 Å². The highest BCUT2D eigenvalue weighted by Gasteiger charge is 2.28. The normalized spacial score (nSPS) is 23.1. The molecule has 1 aromatic rings. The average Bonchev–Trinajstić information content (AvgIpc) is 2.79. The summed E-state index contributed by atoms with van der Waals surface area (Å²) < 4.78 is 6.07. The summed E-state index contributed by atoms with van der Waals surface area (Å²) >= 11 is 9.26. The van der Waals surface area contributed by atoms with Crippen molar-refractivity contribution in [2.75, 3.05) is 20.2 Å². The number of hydrogen-bond acceptors (Lipinski definition) is 3. The lowest BCUT2D eigenvalue weighted by Crippen LogP contribution is -2.43. The lowest BCUT2D eigenvalue weighted by Gasteiger charge is -2.18. The van der Waals surface area contributed by atoms with E-state index in [1.54, 1.807) is 25.3 Å². The van der Waals surface area contributed by atoms with E-state index in [2.05, 4.69) is 26.6 Å². The maximum absolute atomic E-state index is 12.1. The van der Waals surface area contributed by atoms with Crippen LogP contribution < -0.4 is 10.6 Å². The van der Waals surface area contributed by atoms with Crippen molar-refractivity contribution in [3.05, 3.63) is 33.3 Å². The molecule has 0 saturated carbocycles. The lowest BCUT2D eigenvalue weighted by atomic mass is 10.1. The topological polar surface area (TPSA) is 50.4 Å². The van der Waals surface area contributed by atoms with Gasteiger partial charge in [-0.1, -0.05) is 11.6 Å². The predicted molar refractivity (Wildman–Crippen MR) is 74.1 cm³/mol. The molecule has 1 heterocycles. The van der Waals surface area contributed by atoms with Crippen LogP contribution in [0.4, 0.5) is 0 Å². The number of rotatable bonds is 3. The van der Waals surface area contributed by atoms with Crippen LogP contribution >= 0.6 is 27.5 Å². The number of carbonyl (C=O) groups is 1. The first-order chi connectivity index (χ1) is 8.61. The third kappa shape index (κ3) is 3.03. The van der Waals surface area contributed by atoms with Gasteiger partial charge in [-0.2, -0.15) is 0 Å². The fourth-order valence-corrected chi connectivity index (χ4v) is 2.36. The molecule has 1 aliphatic rings. The Kier molecular flexibility index (Phi) is 4.61. The fourth-order valence-electron chi connectivity index (χ4n) is 1.94. The number of benzene rings is 1. The average molecular weight is 334 g/mol. The van der Waals surface area contributed by atoms with Gasteiger partial charge in [-0.25, -0.2) is 0 Å². The van der Waals surface area contributed by atoms with Crippen molar-refractivity contribution in [2.45, 2.75) is 12.1 Å². The van der Waals surface area contributed by atoms with Crippen LogP contribution in [0.5, 0.6) is 0 Å². The summed E-state index contributed by atoms with van der Waals surface area (Å²) in [5.41, 5.74) is 0.546. The maximum Gasteiger partial charge on any atom is 0.251 e. The summed E-state index contributed by atoms with van der Waals surface area (Å²) in [5.74, 6) is -0.139. The first kappa shape index (κ1) is 13.8. The smallest absolute Gasteiger partial charge is 0.251 e. The van der Waals surface area contributed by atoms with E-state index >= 15 is 0 Å². The number of methoxy groups -OCH3 is 1. The molecule has 2 rings (SSSR count). The minimum absolute atomic E-state index is 0.00933. The molecular formula is C12H14BrClN2O2. The van der Waals surface area contributed by atoms with Crippen LogP contribution in [0.2, 0.25) is 5.02 Å². The van der Waals surface area contributed by atoms with Crippen LogP contribution in [0, 0.1) is 0 Å². The van der Waals surface area contributed by atoms with Crippen LogP contribution in [0.25, 0.3) is 0 Å². The lowest BCUT2D eigenvalue weighted by molar-refractivity contribution is 0.0780. The summed E-state index contributed by atoms with van der Waals surface area (Å²) in [6, 6.07) is 5.13. The third-order valence-electron chi connectivity index (χ3n) is 2.96. The quantitative estimate of drug-likeness (QED) is 0.887. The molecule has 1 aliphatic heterocycles. The molecule has 0 aromatic heterocycles. The molecule has 2 atom stereocenters. The fraction of sp³-hybridized carbons (Fsp3) is 0.417. The first-order valence-corrected chi connectivity index (χ1v) is 6.78. The van der Waals surface area contributed by atoms with Crippen LogP contribution in [-0.4, -0.2) is 38.3 Å². The van der Waals surface area contributed by atoms with Crippen molar-refractivity contribution in [1.82, 2.24) is 10.6 Å². The molecule has 0 bridgehead atoms. The molecule has 1 unspecified atom stereocenters. The third-order valence-corrected chi connectivity index (χ3v) is 4.19. The highest BCUT2D eigenvalue weighted by atomic mass is 79.9. The predicted octanol–water partition coefficient (Wildman–Crippen LogP) is 1.82. The van der Waals surface area contributed by atoms with E-state index in [0.29, 0.717) is 17.1 Å². The SMILES string of the molecule is CO[C@H]1CNCC1NC(=O)c1ccc(Br)c(Cl)c1. The van der Waals surface area contributed by atoms with Crippen molar-refractivity contribution >= 4 is 33.4 Å². The van der Waals surface area contributed by atoms with E-state index in [1.807, 2.05) is 0 Å². The Morgan fingerprint density at radius 2 is 2.33 bits per heavy atom. The van der Waals surface area contributed by atoms with Gasteiger partial charge < -0.3 is 15.4 Å². The van der Waals surface area contributed by atoms with Gasteiger partial charge in [0.25, 0.3) is 5.91 Å². The van der Waals surface area contributed by atoms with Gasteiger partial charge in [0.2, 0.25) is 0 Å². The van der Waals surface area contributed by atoms with Crippen LogP contribution in [0.3, 0.4) is 0 Å². The van der Waals surface area contributed by atoms with Crippen molar-refractivity contribution in [3.8, 4) is 0 Å². The first-order valence-electron chi connectivity index (χ1n) is 5.61. The Morgan fingerprint density at radius 3 is 3.00 bits per heavy atom. The molecule has 1 aromatic carbocycles. The largest absolute Gasteiger partial charge is 0.378 e. The molecule has 1 amide bonds. The van der Waals surface area contributed by atoms with Gasteiger partial charge in [-0.05, 0) is 34.1 Å². The number of hydrogen-bond donors (Lipinski definition) is 2. The Balaban J connectivity index is 2.05. The van der Waals surface area contributed by atoms with E-state index < -0.39 is 0 Å². The minimum Gasteiger partial charge on any atom is -0.378 e. The van der Waals surface area contributed by atoms with Crippen LogP contribution in [0.15, 0.2) is 22.7 Å². The van der Waals surface area contributed by atoms with Crippen molar-refractivity contribution in [2.24, 2.45) is 0 Å². The van der Waals surface area contributed by atoms with Gasteiger partial charge in [-0.3, -0.25) is 4.79 Å². The second-order valence-corrected chi connectivity index (χ2v) is 5.40. The van der Waals surface area contributed by atoms with Gasteiger partial charge in [0.05, 0.1) is 17.2 Å². The summed E-state index contributed by atoms with van der Waals surface area (Å²) in [4.78, 5) is 12.1. The van der Waals surface area contributed by atoms with Crippen molar-refractivity contribution < 1.29 is 9.53 Å². The maximum atomic E-state index is 12.1. The van der Waals surface area contributed by atoms with E-state index in [1.165, 1.54) is 0 Å². The zero-order valence-electron chi connectivity index (χ0n) is 9.87. The standard InChI is InChI=1S/C12H14BrClN2O2/c1-18-11-6-15-5-10(11)16-12(17)7-2-3-8(13)9(14)4-7/h2-4,10-11,15H,5-6H2,1H3,(H,16,17)/t10?,11-/m0/s1. The monoisotopic (exact) mass is 332 g/mol. The van der Waals surface area contributed by atoms with E-state index in [9.17, 15) is 4.79 Å². The molecule has 1 fully saturated rings. The number of nitrogens with one attached hydrogen (secondary N) is 2. The Morgan fingerprint density at radius 1 is 1.56 bits per heavy atom. The van der Waals surface area contributed by atoms with Crippen molar-refractivity contribution in [3.63, 3.8) is 0 Å². The molecule has 2 N–H and O–H groups in total. The molecule has 6 heteroatoms. The zero-order chi connectivity index (χ0) is 13.1. The number of ether oxygens (including phenoxy) is 1. The zero-order valence-corrected chi connectivity index (χ0v) is 12.2. The van der Waals surface area contributed by atoms with Gasteiger partial charge in [-0.15, -0.1) is 0 Å².